The quantitative estimate of drug-likeness (QED) is 0.773. The van der Waals surface area contributed by atoms with E-state index in [-0.39, 0.29) is 5.56 Å². The molecule has 1 N–H and O–H groups in total. The van der Waals surface area contributed by atoms with E-state index < -0.39 is 5.97 Å². The van der Waals surface area contributed by atoms with Gasteiger partial charge in [-0.15, -0.1) is 0 Å². The van der Waals surface area contributed by atoms with Gasteiger partial charge in [0, 0.05) is 11.8 Å². The first kappa shape index (κ1) is 14.8. The van der Waals surface area contributed by atoms with Crippen LogP contribution in [-0.4, -0.2) is 16.1 Å². The molecule has 0 saturated heterocycles. The molecular weight excluding hydrogens is 290 g/mol. The summed E-state index contributed by atoms with van der Waals surface area (Å²) in [6.45, 7) is 0.520. The van der Waals surface area contributed by atoms with Crippen molar-refractivity contribution in [1.82, 2.24) is 4.98 Å². The number of rotatable bonds is 5. The van der Waals surface area contributed by atoms with Crippen molar-refractivity contribution in [1.29, 1.82) is 0 Å². The Morgan fingerprint density at radius 3 is 2.30 bits per heavy atom. The maximum Gasteiger partial charge on any atom is 0.337 e. The maximum atomic E-state index is 10.8. The molecule has 0 unspecified atom stereocenters. The number of pyridine rings is 1. The highest BCUT2D eigenvalue weighted by Gasteiger charge is 2.05. The van der Waals surface area contributed by atoms with E-state index in [1.807, 2.05) is 54.6 Å². The van der Waals surface area contributed by atoms with Crippen LogP contribution >= 0.6 is 0 Å². The van der Waals surface area contributed by atoms with Gasteiger partial charge in [-0.1, -0.05) is 30.3 Å². The number of nitrogens with zero attached hydrogens (tertiary/aromatic N) is 1. The Morgan fingerprint density at radius 2 is 1.70 bits per heavy atom. The summed E-state index contributed by atoms with van der Waals surface area (Å²) in [5.41, 5.74) is 2.93. The van der Waals surface area contributed by atoms with E-state index in [9.17, 15) is 4.79 Å². The zero-order chi connectivity index (χ0) is 16.1. The molecule has 23 heavy (non-hydrogen) atoms. The fourth-order valence-corrected chi connectivity index (χ4v) is 2.15. The number of carbonyl (C=O) groups is 1. The Morgan fingerprint density at radius 1 is 0.957 bits per heavy atom. The van der Waals surface area contributed by atoms with Gasteiger partial charge in [0.15, 0.2) is 0 Å². The summed E-state index contributed by atoms with van der Waals surface area (Å²) >= 11 is 0. The van der Waals surface area contributed by atoms with Crippen molar-refractivity contribution in [3.05, 3.63) is 84.1 Å². The molecule has 0 fully saturated rings. The Balaban J connectivity index is 1.68. The number of aromatic carboxylic acids is 1. The topological polar surface area (TPSA) is 59.4 Å². The fourth-order valence-electron chi connectivity index (χ4n) is 2.15. The van der Waals surface area contributed by atoms with Crippen molar-refractivity contribution in [3.8, 4) is 17.0 Å². The molecule has 4 nitrogen and oxygen atoms in total. The van der Waals surface area contributed by atoms with Crippen molar-refractivity contribution >= 4 is 5.97 Å². The highest BCUT2D eigenvalue weighted by atomic mass is 16.5. The minimum absolute atomic E-state index is 0.177. The molecule has 1 aromatic heterocycles. The smallest absolute Gasteiger partial charge is 0.337 e. The zero-order valence-electron chi connectivity index (χ0n) is 12.3. The molecule has 0 spiro atoms. The lowest BCUT2D eigenvalue weighted by Gasteiger charge is -2.07. The molecule has 0 aliphatic rings. The van der Waals surface area contributed by atoms with Crippen LogP contribution in [0.1, 0.15) is 15.9 Å². The molecule has 114 valence electrons. The molecule has 0 bridgehead atoms. The predicted molar refractivity (Wildman–Crippen MR) is 87.4 cm³/mol. The lowest BCUT2D eigenvalue weighted by molar-refractivity contribution is 0.0696. The van der Waals surface area contributed by atoms with Gasteiger partial charge in [0.1, 0.15) is 12.4 Å². The minimum Gasteiger partial charge on any atom is -0.489 e. The molecule has 3 aromatic rings. The molecule has 3 rings (SSSR count). The third-order valence-electron chi connectivity index (χ3n) is 3.41. The van der Waals surface area contributed by atoms with Crippen molar-refractivity contribution in [2.75, 3.05) is 0 Å². The van der Waals surface area contributed by atoms with Crippen LogP contribution in [0.25, 0.3) is 11.3 Å². The minimum atomic E-state index is -0.978. The molecule has 4 heteroatoms. The first-order chi connectivity index (χ1) is 11.2. The SMILES string of the molecule is O=C(O)c1ccc(-c2ccc(OCc3ccccc3)cc2)nc1. The standard InChI is InChI=1S/C19H15NO3/c21-19(22)16-8-11-18(20-12-16)15-6-9-17(10-7-15)23-13-14-4-2-1-3-5-14/h1-12H,13H2,(H,21,22). The van der Waals surface area contributed by atoms with Crippen LogP contribution in [-0.2, 0) is 6.61 Å². The van der Waals surface area contributed by atoms with Gasteiger partial charge in [-0.05, 0) is 42.0 Å². The molecule has 0 aliphatic carbocycles. The summed E-state index contributed by atoms with van der Waals surface area (Å²) in [6, 6.07) is 20.8. The highest BCUT2D eigenvalue weighted by molar-refractivity contribution is 5.87. The summed E-state index contributed by atoms with van der Waals surface area (Å²) in [7, 11) is 0. The van der Waals surface area contributed by atoms with Crippen LogP contribution in [0.5, 0.6) is 5.75 Å². The third-order valence-corrected chi connectivity index (χ3v) is 3.41. The number of benzene rings is 2. The van der Waals surface area contributed by atoms with Crippen molar-refractivity contribution in [2.45, 2.75) is 6.61 Å². The molecule has 0 saturated carbocycles. The van der Waals surface area contributed by atoms with Crippen molar-refractivity contribution < 1.29 is 14.6 Å². The number of carboxylic acid groups (broad SMARTS) is 1. The second-order valence-electron chi connectivity index (χ2n) is 5.04. The average molecular weight is 305 g/mol. The Bertz CT molecular complexity index is 781. The van der Waals surface area contributed by atoms with Gasteiger partial charge >= 0.3 is 5.97 Å². The molecule has 0 aliphatic heterocycles. The Labute approximate surface area is 134 Å². The van der Waals surface area contributed by atoms with Gasteiger partial charge in [-0.2, -0.15) is 0 Å². The average Bonchev–Trinajstić information content (AvgIpc) is 2.61. The van der Waals surface area contributed by atoms with E-state index >= 15 is 0 Å². The summed E-state index contributed by atoms with van der Waals surface area (Å²) in [5, 5.41) is 8.88. The van der Waals surface area contributed by atoms with Gasteiger partial charge in [0.05, 0.1) is 11.3 Å². The van der Waals surface area contributed by atoms with Crippen LogP contribution in [0.15, 0.2) is 72.9 Å². The monoisotopic (exact) mass is 305 g/mol. The molecule has 0 atom stereocenters. The largest absolute Gasteiger partial charge is 0.489 e. The van der Waals surface area contributed by atoms with Gasteiger partial charge in [0.25, 0.3) is 0 Å². The van der Waals surface area contributed by atoms with E-state index in [2.05, 4.69) is 4.98 Å². The predicted octanol–water partition coefficient (Wildman–Crippen LogP) is 4.03. The van der Waals surface area contributed by atoms with E-state index in [1.165, 1.54) is 6.20 Å². The summed E-state index contributed by atoms with van der Waals surface area (Å²) in [4.78, 5) is 15.0. The third kappa shape index (κ3) is 3.74. The number of aromatic nitrogens is 1. The summed E-state index contributed by atoms with van der Waals surface area (Å²) < 4.78 is 5.74. The molecular formula is C19H15NO3. The Hall–Kier alpha value is -3.14. The second-order valence-corrected chi connectivity index (χ2v) is 5.04. The number of ether oxygens (including phenoxy) is 1. The van der Waals surface area contributed by atoms with Gasteiger partial charge in [-0.25, -0.2) is 4.79 Å². The zero-order valence-corrected chi connectivity index (χ0v) is 12.3. The normalized spacial score (nSPS) is 10.3. The summed E-state index contributed by atoms with van der Waals surface area (Å²) in [6.07, 6.45) is 1.36. The number of carboxylic acids is 1. The van der Waals surface area contributed by atoms with Crippen LogP contribution in [0.3, 0.4) is 0 Å². The van der Waals surface area contributed by atoms with Gasteiger partial charge in [0.2, 0.25) is 0 Å². The van der Waals surface area contributed by atoms with Crippen molar-refractivity contribution in [2.24, 2.45) is 0 Å². The Kier molecular flexibility index (Phi) is 4.34. The number of hydrogen-bond acceptors (Lipinski definition) is 3. The van der Waals surface area contributed by atoms with E-state index in [0.717, 1.165) is 22.6 Å². The van der Waals surface area contributed by atoms with Crippen LogP contribution in [0, 0.1) is 0 Å². The van der Waals surface area contributed by atoms with E-state index in [0.29, 0.717) is 6.61 Å². The summed E-state index contributed by atoms with van der Waals surface area (Å²) in [5.74, 6) is -0.200. The lowest BCUT2D eigenvalue weighted by atomic mass is 10.1. The molecule has 2 aromatic carbocycles. The molecule has 1 heterocycles. The first-order valence-corrected chi connectivity index (χ1v) is 7.19. The fraction of sp³-hybridized carbons (Fsp3) is 0.0526. The van der Waals surface area contributed by atoms with E-state index in [1.54, 1.807) is 12.1 Å². The highest BCUT2D eigenvalue weighted by Crippen LogP contribution is 2.21. The van der Waals surface area contributed by atoms with E-state index in [4.69, 9.17) is 9.84 Å². The van der Waals surface area contributed by atoms with Crippen LogP contribution in [0.4, 0.5) is 0 Å². The van der Waals surface area contributed by atoms with Crippen molar-refractivity contribution in [3.63, 3.8) is 0 Å². The lowest BCUT2D eigenvalue weighted by Crippen LogP contribution is -1.97. The van der Waals surface area contributed by atoms with Crippen LogP contribution < -0.4 is 4.74 Å². The van der Waals surface area contributed by atoms with Gasteiger partial charge in [-0.3, -0.25) is 4.98 Å². The molecule has 0 radical (unpaired) electrons. The first-order valence-electron chi connectivity index (χ1n) is 7.19. The maximum absolute atomic E-state index is 10.8. The number of hydrogen-bond donors (Lipinski definition) is 1. The molecule has 0 amide bonds. The van der Waals surface area contributed by atoms with Gasteiger partial charge < -0.3 is 9.84 Å². The second kappa shape index (κ2) is 6.75. The van der Waals surface area contributed by atoms with Crippen LogP contribution in [0.2, 0.25) is 0 Å².